The summed E-state index contributed by atoms with van der Waals surface area (Å²) in [5.41, 5.74) is 2.14. The van der Waals surface area contributed by atoms with Crippen molar-refractivity contribution in [3.63, 3.8) is 0 Å². The van der Waals surface area contributed by atoms with E-state index in [2.05, 4.69) is 26.9 Å². The van der Waals surface area contributed by atoms with Crippen LogP contribution in [-0.2, 0) is 22.6 Å². The summed E-state index contributed by atoms with van der Waals surface area (Å²) < 4.78 is 7.33. The molecule has 0 unspecified atom stereocenters. The average Bonchev–Trinajstić information content (AvgIpc) is 3.29. The number of carbonyl (C=O) groups excluding carboxylic acids is 1. The normalized spacial score (nSPS) is 14.2. The molecule has 9 heteroatoms. The molecule has 0 saturated carbocycles. The van der Waals surface area contributed by atoms with Crippen molar-refractivity contribution in [3.8, 4) is 17.1 Å². The number of carboxylic acid groups (broad SMARTS) is 1. The summed E-state index contributed by atoms with van der Waals surface area (Å²) in [6, 6.07) is 17.9. The third kappa shape index (κ3) is 5.77. The molecule has 0 atom stereocenters. The molecule has 0 spiro atoms. The van der Waals surface area contributed by atoms with Gasteiger partial charge in [-0.1, -0.05) is 42.1 Å². The van der Waals surface area contributed by atoms with E-state index in [4.69, 9.17) is 4.74 Å². The number of likely N-dealkylation sites (tertiary alicyclic amines) is 1. The summed E-state index contributed by atoms with van der Waals surface area (Å²) >= 11 is 1.37. The number of rotatable bonds is 9. The van der Waals surface area contributed by atoms with Crippen molar-refractivity contribution in [3.05, 3.63) is 60.2 Å². The first-order valence-electron chi connectivity index (χ1n) is 11.3. The summed E-state index contributed by atoms with van der Waals surface area (Å²) in [5.74, 6) is 0.618. The van der Waals surface area contributed by atoms with E-state index in [1.165, 1.54) is 17.3 Å². The van der Waals surface area contributed by atoms with E-state index >= 15 is 0 Å². The molecule has 1 aliphatic heterocycles. The lowest BCUT2D eigenvalue weighted by molar-refractivity contribution is -0.145. The minimum atomic E-state index is -0.779. The average molecular weight is 481 g/mol. The minimum Gasteiger partial charge on any atom is -0.497 e. The smallest absolute Gasteiger partial charge is 0.306 e. The summed E-state index contributed by atoms with van der Waals surface area (Å²) in [6.45, 7) is 1.64. The van der Waals surface area contributed by atoms with Crippen LogP contribution in [-0.4, -0.2) is 62.6 Å². The van der Waals surface area contributed by atoms with Gasteiger partial charge in [0.25, 0.3) is 0 Å². The lowest BCUT2D eigenvalue weighted by atomic mass is 9.97. The summed E-state index contributed by atoms with van der Waals surface area (Å²) in [5, 5.41) is 18.7. The van der Waals surface area contributed by atoms with Crippen molar-refractivity contribution in [2.75, 3.05) is 26.0 Å². The standard InChI is InChI=1S/C25H28N4O4S/c1-33-21-9-7-19(8-10-21)23-26-27-25(29(23)16-11-18-5-3-2-4-6-18)34-17-22(30)28-14-12-20(13-15-28)24(31)32/h2-10,20H,11-17H2,1H3,(H,31,32). The van der Waals surface area contributed by atoms with Crippen molar-refractivity contribution in [2.45, 2.75) is 31.0 Å². The van der Waals surface area contributed by atoms with Crippen LogP contribution < -0.4 is 4.74 Å². The number of aryl methyl sites for hydroxylation is 1. The Kier molecular flexibility index (Phi) is 7.84. The van der Waals surface area contributed by atoms with E-state index in [0.717, 1.165) is 23.6 Å². The van der Waals surface area contributed by atoms with Gasteiger partial charge in [0.15, 0.2) is 11.0 Å². The van der Waals surface area contributed by atoms with Gasteiger partial charge in [0.05, 0.1) is 18.8 Å². The number of hydrogen-bond acceptors (Lipinski definition) is 6. The van der Waals surface area contributed by atoms with E-state index in [1.807, 2.05) is 42.5 Å². The fourth-order valence-corrected chi connectivity index (χ4v) is 4.90. The van der Waals surface area contributed by atoms with Crippen LogP contribution in [0.1, 0.15) is 18.4 Å². The molecule has 2 heterocycles. The van der Waals surface area contributed by atoms with Crippen molar-refractivity contribution >= 4 is 23.6 Å². The predicted octanol–water partition coefficient (Wildman–Crippen LogP) is 3.61. The summed E-state index contributed by atoms with van der Waals surface area (Å²) in [7, 11) is 1.63. The van der Waals surface area contributed by atoms with Gasteiger partial charge < -0.3 is 19.3 Å². The molecule has 4 rings (SSSR count). The molecule has 0 radical (unpaired) electrons. The Balaban J connectivity index is 1.47. The summed E-state index contributed by atoms with van der Waals surface area (Å²) in [6.07, 6.45) is 1.81. The molecular formula is C25H28N4O4S. The number of thioether (sulfide) groups is 1. The number of piperidine rings is 1. The van der Waals surface area contributed by atoms with Crippen molar-refractivity contribution in [1.29, 1.82) is 0 Å². The SMILES string of the molecule is COc1ccc(-c2nnc(SCC(=O)N3CCC(C(=O)O)CC3)n2CCc2ccccc2)cc1. The van der Waals surface area contributed by atoms with Crippen LogP contribution in [0.25, 0.3) is 11.4 Å². The quantitative estimate of drug-likeness (QED) is 0.467. The van der Waals surface area contributed by atoms with Crippen LogP contribution in [0.4, 0.5) is 0 Å². The number of ether oxygens (including phenoxy) is 1. The molecular weight excluding hydrogens is 452 g/mol. The second-order valence-corrected chi connectivity index (χ2v) is 9.15. The van der Waals surface area contributed by atoms with E-state index in [0.29, 0.717) is 37.6 Å². The molecule has 1 amide bonds. The molecule has 0 aliphatic carbocycles. The van der Waals surface area contributed by atoms with Gasteiger partial charge in [-0.15, -0.1) is 10.2 Å². The maximum Gasteiger partial charge on any atom is 0.306 e. The van der Waals surface area contributed by atoms with Crippen molar-refractivity contribution in [2.24, 2.45) is 5.92 Å². The molecule has 34 heavy (non-hydrogen) atoms. The molecule has 8 nitrogen and oxygen atoms in total. The molecule has 1 N–H and O–H groups in total. The van der Waals surface area contributed by atoms with Crippen LogP contribution in [0.5, 0.6) is 5.75 Å². The van der Waals surface area contributed by atoms with Gasteiger partial charge in [0, 0.05) is 25.2 Å². The van der Waals surface area contributed by atoms with Gasteiger partial charge in [-0.25, -0.2) is 0 Å². The number of nitrogens with zero attached hydrogens (tertiary/aromatic N) is 4. The number of amides is 1. The van der Waals surface area contributed by atoms with E-state index in [9.17, 15) is 14.7 Å². The van der Waals surface area contributed by atoms with E-state index in [1.54, 1.807) is 12.0 Å². The largest absolute Gasteiger partial charge is 0.497 e. The monoisotopic (exact) mass is 480 g/mol. The molecule has 1 saturated heterocycles. The molecule has 1 aliphatic rings. The van der Waals surface area contributed by atoms with E-state index < -0.39 is 5.97 Å². The third-order valence-electron chi connectivity index (χ3n) is 6.05. The Bertz CT molecular complexity index is 1110. The number of methoxy groups -OCH3 is 1. The molecule has 3 aromatic rings. The second kappa shape index (κ2) is 11.2. The molecule has 178 valence electrons. The lowest BCUT2D eigenvalue weighted by Crippen LogP contribution is -2.41. The highest BCUT2D eigenvalue weighted by Crippen LogP contribution is 2.27. The highest BCUT2D eigenvalue weighted by Gasteiger charge is 2.27. The van der Waals surface area contributed by atoms with Gasteiger partial charge >= 0.3 is 5.97 Å². The number of aliphatic carboxylic acids is 1. The van der Waals surface area contributed by atoms with Gasteiger partial charge in [0.2, 0.25) is 5.91 Å². The second-order valence-electron chi connectivity index (χ2n) is 8.20. The van der Waals surface area contributed by atoms with Gasteiger partial charge in [-0.2, -0.15) is 0 Å². The Morgan fingerprint density at radius 1 is 1.06 bits per heavy atom. The lowest BCUT2D eigenvalue weighted by Gasteiger charge is -2.30. The zero-order valence-corrected chi connectivity index (χ0v) is 19.9. The minimum absolute atomic E-state index is 0.00237. The number of benzene rings is 2. The summed E-state index contributed by atoms with van der Waals surface area (Å²) in [4.78, 5) is 25.7. The Hall–Kier alpha value is -3.33. The predicted molar refractivity (Wildman–Crippen MR) is 130 cm³/mol. The first-order valence-corrected chi connectivity index (χ1v) is 12.3. The van der Waals surface area contributed by atoms with Gasteiger partial charge in [-0.3, -0.25) is 9.59 Å². The molecule has 0 bridgehead atoms. The first kappa shape index (κ1) is 23.8. The Morgan fingerprint density at radius 2 is 1.76 bits per heavy atom. The number of carboxylic acids is 1. The van der Waals surface area contributed by atoms with Gasteiger partial charge in [-0.05, 0) is 49.1 Å². The Morgan fingerprint density at radius 3 is 2.41 bits per heavy atom. The maximum absolute atomic E-state index is 12.8. The molecule has 1 fully saturated rings. The first-order chi connectivity index (χ1) is 16.5. The fourth-order valence-electron chi connectivity index (χ4n) is 4.03. The fraction of sp³-hybridized carbons (Fsp3) is 0.360. The number of carbonyl (C=O) groups is 2. The number of hydrogen-bond donors (Lipinski definition) is 1. The molecule has 2 aromatic carbocycles. The van der Waals surface area contributed by atoms with Crippen LogP contribution in [0.2, 0.25) is 0 Å². The van der Waals surface area contributed by atoms with Crippen molar-refractivity contribution in [1.82, 2.24) is 19.7 Å². The Labute approximate surface area is 202 Å². The van der Waals surface area contributed by atoms with Crippen LogP contribution in [0, 0.1) is 5.92 Å². The highest BCUT2D eigenvalue weighted by molar-refractivity contribution is 7.99. The van der Waals surface area contributed by atoms with E-state index in [-0.39, 0.29) is 17.6 Å². The number of aromatic nitrogens is 3. The zero-order valence-electron chi connectivity index (χ0n) is 19.1. The highest BCUT2D eigenvalue weighted by atomic mass is 32.2. The van der Waals surface area contributed by atoms with Gasteiger partial charge in [0.1, 0.15) is 5.75 Å². The van der Waals surface area contributed by atoms with Crippen LogP contribution in [0.3, 0.4) is 0 Å². The molecule has 1 aromatic heterocycles. The topological polar surface area (TPSA) is 97.6 Å². The van der Waals surface area contributed by atoms with Crippen molar-refractivity contribution < 1.29 is 19.4 Å². The maximum atomic E-state index is 12.8. The third-order valence-corrected chi connectivity index (χ3v) is 7.01. The van der Waals surface area contributed by atoms with Crippen LogP contribution >= 0.6 is 11.8 Å². The zero-order chi connectivity index (χ0) is 23.9. The van der Waals surface area contributed by atoms with Crippen LogP contribution in [0.15, 0.2) is 59.8 Å².